The summed E-state index contributed by atoms with van der Waals surface area (Å²) in [5, 5.41) is 0. The Morgan fingerprint density at radius 2 is 1.81 bits per heavy atom. The van der Waals surface area contributed by atoms with Crippen molar-refractivity contribution in [3.8, 4) is 5.75 Å². The van der Waals surface area contributed by atoms with Crippen LogP contribution in [0.5, 0.6) is 5.75 Å². The van der Waals surface area contributed by atoms with Gasteiger partial charge in [-0.1, -0.05) is 31.7 Å². The monoisotopic (exact) mass is 370 g/mol. The quantitative estimate of drug-likeness (QED) is 0.710. The summed E-state index contributed by atoms with van der Waals surface area (Å²) in [6.07, 6.45) is 13.7. The van der Waals surface area contributed by atoms with E-state index in [9.17, 15) is 0 Å². The summed E-state index contributed by atoms with van der Waals surface area (Å²) in [7, 11) is 2.27. The highest BCUT2D eigenvalue weighted by Gasteiger charge is 2.22. The third kappa shape index (κ3) is 5.26. The Bertz CT molecular complexity index is 596. The lowest BCUT2D eigenvalue weighted by Gasteiger charge is -2.33. The highest BCUT2D eigenvalue weighted by atomic mass is 16.5. The van der Waals surface area contributed by atoms with Crippen LogP contribution in [-0.4, -0.2) is 49.1 Å². The Hall–Kier alpha value is -1.06. The number of nitrogens with zero attached hydrogens (tertiary/aromatic N) is 2. The van der Waals surface area contributed by atoms with Gasteiger partial charge in [-0.05, 0) is 81.3 Å². The van der Waals surface area contributed by atoms with E-state index in [-0.39, 0.29) is 0 Å². The van der Waals surface area contributed by atoms with Gasteiger partial charge in [-0.2, -0.15) is 0 Å². The lowest BCUT2D eigenvalue weighted by atomic mass is 9.88. The molecule has 1 saturated carbocycles. The number of benzene rings is 1. The molecule has 1 aliphatic carbocycles. The summed E-state index contributed by atoms with van der Waals surface area (Å²) in [5.74, 6) is 2.01. The molecule has 1 aromatic rings. The molecule has 2 heterocycles. The van der Waals surface area contributed by atoms with Gasteiger partial charge in [-0.15, -0.1) is 0 Å². The molecule has 0 aromatic heterocycles. The Kier molecular flexibility index (Phi) is 6.73. The van der Waals surface area contributed by atoms with Gasteiger partial charge in [-0.3, -0.25) is 4.90 Å². The zero-order chi connectivity index (χ0) is 18.5. The first-order chi connectivity index (χ1) is 13.3. The molecule has 0 spiro atoms. The minimum Gasteiger partial charge on any atom is -0.494 e. The smallest absolute Gasteiger partial charge is 0.119 e. The third-order valence-corrected chi connectivity index (χ3v) is 7.15. The molecule has 0 radical (unpaired) electrons. The van der Waals surface area contributed by atoms with E-state index in [0.29, 0.717) is 6.04 Å². The molecule has 0 N–H and O–H groups in total. The molecular weight excluding hydrogens is 332 g/mol. The van der Waals surface area contributed by atoms with Crippen LogP contribution in [0.2, 0.25) is 0 Å². The van der Waals surface area contributed by atoms with Gasteiger partial charge in [0.1, 0.15) is 5.75 Å². The van der Waals surface area contributed by atoms with Gasteiger partial charge in [-0.25, -0.2) is 0 Å². The van der Waals surface area contributed by atoms with Gasteiger partial charge in [0.05, 0.1) is 6.61 Å². The van der Waals surface area contributed by atoms with E-state index >= 15 is 0 Å². The first-order valence-corrected chi connectivity index (χ1v) is 11.4. The SMILES string of the molecule is CN1CCCCC1CCOc1ccc2c(c1)CN(CC1CCCCC1)CC2. The van der Waals surface area contributed by atoms with Crippen molar-refractivity contribution < 1.29 is 4.74 Å². The minimum atomic E-state index is 0.711. The summed E-state index contributed by atoms with van der Waals surface area (Å²) in [6, 6.07) is 7.55. The molecule has 3 aliphatic rings. The average Bonchev–Trinajstić information content (AvgIpc) is 2.70. The average molecular weight is 371 g/mol. The molecule has 2 aliphatic heterocycles. The lowest BCUT2D eigenvalue weighted by molar-refractivity contribution is 0.153. The van der Waals surface area contributed by atoms with E-state index in [4.69, 9.17) is 4.74 Å². The molecule has 4 rings (SSSR count). The molecule has 2 fully saturated rings. The molecule has 1 atom stereocenters. The summed E-state index contributed by atoms with van der Waals surface area (Å²) < 4.78 is 6.16. The van der Waals surface area contributed by atoms with E-state index in [0.717, 1.165) is 31.2 Å². The van der Waals surface area contributed by atoms with Crippen LogP contribution in [-0.2, 0) is 13.0 Å². The standard InChI is InChI=1S/C24H38N2O/c1-25-14-6-5-9-23(25)13-16-27-24-11-10-21-12-15-26(19-22(21)17-24)18-20-7-3-2-4-8-20/h10-11,17,20,23H,2-9,12-16,18-19H2,1H3. The Morgan fingerprint density at radius 1 is 0.963 bits per heavy atom. The van der Waals surface area contributed by atoms with Gasteiger partial charge >= 0.3 is 0 Å². The van der Waals surface area contributed by atoms with Gasteiger partial charge in [0, 0.05) is 25.7 Å². The van der Waals surface area contributed by atoms with Gasteiger partial charge in [0.15, 0.2) is 0 Å². The number of ether oxygens (including phenoxy) is 1. The summed E-state index contributed by atoms with van der Waals surface area (Å²) >= 11 is 0. The Balaban J connectivity index is 1.28. The maximum absolute atomic E-state index is 6.16. The normalized spacial score (nSPS) is 25.3. The first kappa shape index (κ1) is 19.3. The zero-order valence-electron chi connectivity index (χ0n) is 17.3. The first-order valence-electron chi connectivity index (χ1n) is 11.4. The van der Waals surface area contributed by atoms with Crippen molar-refractivity contribution in [2.45, 2.75) is 76.8 Å². The van der Waals surface area contributed by atoms with Crippen LogP contribution < -0.4 is 4.74 Å². The molecular formula is C24H38N2O. The second-order valence-electron chi connectivity index (χ2n) is 9.19. The second kappa shape index (κ2) is 9.43. The molecule has 1 unspecified atom stereocenters. The predicted octanol–water partition coefficient (Wildman–Crippen LogP) is 4.88. The number of hydrogen-bond acceptors (Lipinski definition) is 3. The molecule has 1 aromatic carbocycles. The zero-order valence-corrected chi connectivity index (χ0v) is 17.3. The van der Waals surface area contributed by atoms with Crippen molar-refractivity contribution in [3.05, 3.63) is 29.3 Å². The molecule has 27 heavy (non-hydrogen) atoms. The topological polar surface area (TPSA) is 15.7 Å². The van der Waals surface area contributed by atoms with Crippen LogP contribution in [0.15, 0.2) is 18.2 Å². The Morgan fingerprint density at radius 3 is 2.67 bits per heavy atom. The van der Waals surface area contributed by atoms with Crippen molar-refractivity contribution >= 4 is 0 Å². The number of piperidine rings is 1. The minimum absolute atomic E-state index is 0.711. The largest absolute Gasteiger partial charge is 0.494 e. The highest BCUT2D eigenvalue weighted by molar-refractivity contribution is 5.37. The van der Waals surface area contributed by atoms with Gasteiger partial charge < -0.3 is 9.64 Å². The van der Waals surface area contributed by atoms with Crippen LogP contribution in [0.1, 0.15) is 68.9 Å². The van der Waals surface area contributed by atoms with Crippen LogP contribution in [0.4, 0.5) is 0 Å². The van der Waals surface area contributed by atoms with E-state index in [1.807, 2.05) is 0 Å². The molecule has 3 heteroatoms. The van der Waals surface area contributed by atoms with Crippen LogP contribution >= 0.6 is 0 Å². The molecule has 0 bridgehead atoms. The van der Waals surface area contributed by atoms with Crippen molar-refractivity contribution in [3.63, 3.8) is 0 Å². The van der Waals surface area contributed by atoms with Crippen molar-refractivity contribution in [1.29, 1.82) is 0 Å². The highest BCUT2D eigenvalue weighted by Crippen LogP contribution is 2.28. The summed E-state index contributed by atoms with van der Waals surface area (Å²) in [5.41, 5.74) is 3.04. The second-order valence-corrected chi connectivity index (χ2v) is 9.19. The fourth-order valence-corrected chi connectivity index (χ4v) is 5.39. The molecule has 1 saturated heterocycles. The third-order valence-electron chi connectivity index (χ3n) is 7.15. The fourth-order valence-electron chi connectivity index (χ4n) is 5.39. The molecule has 0 amide bonds. The summed E-state index contributed by atoms with van der Waals surface area (Å²) in [4.78, 5) is 5.21. The van der Waals surface area contributed by atoms with Crippen LogP contribution in [0.3, 0.4) is 0 Å². The van der Waals surface area contributed by atoms with E-state index < -0.39 is 0 Å². The maximum atomic E-state index is 6.16. The van der Waals surface area contributed by atoms with Gasteiger partial charge in [0.25, 0.3) is 0 Å². The van der Waals surface area contributed by atoms with E-state index in [1.54, 1.807) is 0 Å². The summed E-state index contributed by atoms with van der Waals surface area (Å²) in [6.45, 7) is 5.75. The number of rotatable bonds is 6. The van der Waals surface area contributed by atoms with Crippen molar-refractivity contribution in [2.24, 2.45) is 5.92 Å². The Labute approximate surface area is 166 Å². The van der Waals surface area contributed by atoms with Crippen molar-refractivity contribution in [2.75, 3.05) is 33.3 Å². The van der Waals surface area contributed by atoms with E-state index in [2.05, 4.69) is 35.0 Å². The number of likely N-dealkylation sites (tertiary alicyclic amines) is 1. The van der Waals surface area contributed by atoms with Crippen LogP contribution in [0, 0.1) is 5.92 Å². The number of hydrogen-bond donors (Lipinski definition) is 0. The van der Waals surface area contributed by atoms with Crippen molar-refractivity contribution in [1.82, 2.24) is 9.80 Å². The molecule has 3 nitrogen and oxygen atoms in total. The maximum Gasteiger partial charge on any atom is 0.119 e. The predicted molar refractivity (Wildman–Crippen MR) is 112 cm³/mol. The van der Waals surface area contributed by atoms with Crippen LogP contribution in [0.25, 0.3) is 0 Å². The lowest BCUT2D eigenvalue weighted by Crippen LogP contribution is -2.37. The number of fused-ring (bicyclic) bond motifs is 1. The van der Waals surface area contributed by atoms with Gasteiger partial charge in [0.2, 0.25) is 0 Å². The fraction of sp³-hybridized carbons (Fsp3) is 0.750. The molecule has 150 valence electrons. The van der Waals surface area contributed by atoms with E-state index in [1.165, 1.54) is 88.5 Å².